The Labute approximate surface area is 133 Å². The van der Waals surface area contributed by atoms with Crippen molar-refractivity contribution in [3.05, 3.63) is 48.4 Å². The first-order chi connectivity index (χ1) is 11.1. The number of nitrogens with two attached hydrogens (primary N) is 1. The molecule has 1 fully saturated rings. The number of benzene rings is 1. The summed E-state index contributed by atoms with van der Waals surface area (Å²) in [7, 11) is 0. The van der Waals surface area contributed by atoms with E-state index in [-0.39, 0.29) is 5.92 Å². The number of nitrogens with zero attached hydrogens (tertiary/aromatic N) is 3. The number of nitrogen functional groups attached to an aromatic ring is 1. The molecule has 4 rings (SSSR count). The Bertz CT molecular complexity index is 836. The molecule has 2 heterocycles. The third-order valence-corrected chi connectivity index (χ3v) is 4.60. The summed E-state index contributed by atoms with van der Waals surface area (Å²) in [6.07, 6.45) is 3.14. The minimum absolute atomic E-state index is 0.0572. The standard InChI is InChI=1S/C17H18N4O2/c18-17-16-15(19-9-20-17)12(10-6-13(22)14(23)7-10)8-21(16)11-4-2-1-3-5-11/h1-5,8-10,13-14,22-23H,6-7H2,(H2,18,19,20). The molecule has 1 saturated carbocycles. The van der Waals surface area contributed by atoms with Crippen molar-refractivity contribution in [1.82, 2.24) is 14.5 Å². The Hall–Kier alpha value is -2.44. The predicted octanol–water partition coefficient (Wildman–Crippen LogP) is 1.60. The predicted molar refractivity (Wildman–Crippen MR) is 87.3 cm³/mol. The van der Waals surface area contributed by atoms with E-state index in [0.717, 1.165) is 22.3 Å². The van der Waals surface area contributed by atoms with Crippen LogP contribution in [0.3, 0.4) is 0 Å². The number of anilines is 1. The van der Waals surface area contributed by atoms with Crippen LogP contribution in [-0.4, -0.2) is 37.0 Å². The zero-order chi connectivity index (χ0) is 16.0. The van der Waals surface area contributed by atoms with Crippen molar-refractivity contribution in [3.63, 3.8) is 0 Å². The maximum Gasteiger partial charge on any atom is 0.151 e. The van der Waals surface area contributed by atoms with Gasteiger partial charge in [-0.15, -0.1) is 0 Å². The molecule has 0 bridgehead atoms. The van der Waals surface area contributed by atoms with Crippen molar-refractivity contribution in [2.24, 2.45) is 0 Å². The zero-order valence-electron chi connectivity index (χ0n) is 12.5. The van der Waals surface area contributed by atoms with Gasteiger partial charge in [-0.3, -0.25) is 0 Å². The fourth-order valence-electron chi connectivity index (χ4n) is 3.44. The molecule has 23 heavy (non-hydrogen) atoms. The molecular weight excluding hydrogens is 292 g/mol. The van der Waals surface area contributed by atoms with E-state index in [0.29, 0.717) is 18.7 Å². The van der Waals surface area contributed by atoms with Gasteiger partial charge in [0.15, 0.2) is 5.82 Å². The van der Waals surface area contributed by atoms with E-state index in [1.54, 1.807) is 0 Å². The fraction of sp³-hybridized carbons (Fsp3) is 0.294. The summed E-state index contributed by atoms with van der Waals surface area (Å²) in [6, 6.07) is 9.87. The van der Waals surface area contributed by atoms with E-state index in [1.807, 2.05) is 41.1 Å². The van der Waals surface area contributed by atoms with Crippen LogP contribution in [0.5, 0.6) is 0 Å². The molecule has 0 amide bonds. The maximum atomic E-state index is 9.87. The third-order valence-electron chi connectivity index (χ3n) is 4.60. The largest absolute Gasteiger partial charge is 0.390 e. The van der Waals surface area contributed by atoms with E-state index in [9.17, 15) is 10.2 Å². The van der Waals surface area contributed by atoms with Crippen molar-refractivity contribution in [3.8, 4) is 5.69 Å². The van der Waals surface area contributed by atoms with Crippen LogP contribution < -0.4 is 5.73 Å². The fourth-order valence-corrected chi connectivity index (χ4v) is 3.44. The van der Waals surface area contributed by atoms with Gasteiger partial charge in [0.05, 0.1) is 17.7 Å². The second-order valence-corrected chi connectivity index (χ2v) is 6.05. The van der Waals surface area contributed by atoms with Gasteiger partial charge in [0, 0.05) is 17.4 Å². The van der Waals surface area contributed by atoms with Crippen molar-refractivity contribution >= 4 is 16.9 Å². The van der Waals surface area contributed by atoms with Crippen molar-refractivity contribution < 1.29 is 10.2 Å². The average Bonchev–Trinajstić information content (AvgIpc) is 3.10. The molecule has 1 aliphatic carbocycles. The van der Waals surface area contributed by atoms with Crippen LogP contribution in [0.2, 0.25) is 0 Å². The second-order valence-electron chi connectivity index (χ2n) is 6.05. The van der Waals surface area contributed by atoms with Gasteiger partial charge in [0.1, 0.15) is 11.8 Å². The summed E-state index contributed by atoms with van der Waals surface area (Å²) in [5.41, 5.74) is 9.61. The van der Waals surface area contributed by atoms with Gasteiger partial charge >= 0.3 is 0 Å². The molecule has 6 nitrogen and oxygen atoms in total. The number of aromatic nitrogens is 3. The van der Waals surface area contributed by atoms with E-state index in [1.165, 1.54) is 6.33 Å². The Morgan fingerprint density at radius 1 is 1.04 bits per heavy atom. The molecule has 2 unspecified atom stereocenters. The number of hydrogen-bond acceptors (Lipinski definition) is 5. The average molecular weight is 310 g/mol. The van der Waals surface area contributed by atoms with E-state index >= 15 is 0 Å². The summed E-state index contributed by atoms with van der Waals surface area (Å²) in [5.74, 6) is 0.478. The second kappa shape index (κ2) is 5.33. The first-order valence-corrected chi connectivity index (χ1v) is 7.68. The molecule has 2 aromatic heterocycles. The molecule has 118 valence electrons. The zero-order valence-corrected chi connectivity index (χ0v) is 12.5. The maximum absolute atomic E-state index is 9.87. The van der Waals surface area contributed by atoms with Crippen LogP contribution in [0.4, 0.5) is 5.82 Å². The molecule has 1 aliphatic rings. The van der Waals surface area contributed by atoms with E-state index < -0.39 is 12.2 Å². The minimum atomic E-state index is -0.686. The summed E-state index contributed by atoms with van der Waals surface area (Å²) < 4.78 is 1.98. The minimum Gasteiger partial charge on any atom is -0.390 e. The van der Waals surface area contributed by atoms with Gasteiger partial charge in [0.2, 0.25) is 0 Å². The molecule has 3 aromatic rings. The Morgan fingerprint density at radius 3 is 2.43 bits per heavy atom. The van der Waals surface area contributed by atoms with Crippen molar-refractivity contribution in [2.45, 2.75) is 31.0 Å². The summed E-state index contributed by atoms with van der Waals surface area (Å²) in [5, 5.41) is 19.7. The number of aliphatic hydroxyl groups excluding tert-OH is 2. The highest BCUT2D eigenvalue weighted by Crippen LogP contribution is 2.39. The molecule has 0 spiro atoms. The van der Waals surface area contributed by atoms with Crippen molar-refractivity contribution in [2.75, 3.05) is 5.73 Å². The number of para-hydroxylation sites is 1. The number of hydrogen-bond donors (Lipinski definition) is 3. The first kappa shape index (κ1) is 14.2. The molecule has 0 aliphatic heterocycles. The van der Waals surface area contributed by atoms with Crippen LogP contribution in [0, 0.1) is 0 Å². The number of fused-ring (bicyclic) bond motifs is 1. The van der Waals surface area contributed by atoms with E-state index in [2.05, 4.69) is 9.97 Å². The number of aliphatic hydroxyl groups is 2. The first-order valence-electron chi connectivity index (χ1n) is 7.68. The molecule has 6 heteroatoms. The van der Waals surface area contributed by atoms with Gasteiger partial charge in [-0.1, -0.05) is 18.2 Å². The lowest BCUT2D eigenvalue weighted by Gasteiger charge is -2.06. The SMILES string of the molecule is Nc1ncnc2c(C3CC(O)C(O)C3)cn(-c3ccccc3)c12. The van der Waals surface area contributed by atoms with Crippen LogP contribution in [0.25, 0.3) is 16.7 Å². The van der Waals surface area contributed by atoms with Crippen LogP contribution in [0.1, 0.15) is 24.3 Å². The Kier molecular flexibility index (Phi) is 3.28. The van der Waals surface area contributed by atoms with Gasteiger partial charge in [0.25, 0.3) is 0 Å². The van der Waals surface area contributed by atoms with Crippen LogP contribution in [0.15, 0.2) is 42.9 Å². The molecule has 0 radical (unpaired) electrons. The molecular formula is C17H18N4O2. The summed E-state index contributed by atoms with van der Waals surface area (Å²) >= 11 is 0. The van der Waals surface area contributed by atoms with Crippen LogP contribution in [-0.2, 0) is 0 Å². The molecule has 1 aromatic carbocycles. The highest BCUT2D eigenvalue weighted by Gasteiger charge is 2.34. The summed E-state index contributed by atoms with van der Waals surface area (Å²) in [4.78, 5) is 8.52. The van der Waals surface area contributed by atoms with Crippen molar-refractivity contribution in [1.29, 1.82) is 0 Å². The topological polar surface area (TPSA) is 97.2 Å². The Morgan fingerprint density at radius 2 is 1.74 bits per heavy atom. The summed E-state index contributed by atoms with van der Waals surface area (Å²) in [6.45, 7) is 0. The Balaban J connectivity index is 1.92. The molecule has 0 saturated heterocycles. The highest BCUT2D eigenvalue weighted by atomic mass is 16.3. The lowest BCUT2D eigenvalue weighted by molar-refractivity contribution is 0.0438. The molecule has 4 N–H and O–H groups in total. The van der Waals surface area contributed by atoms with Crippen LogP contribution >= 0.6 is 0 Å². The monoisotopic (exact) mass is 310 g/mol. The van der Waals surface area contributed by atoms with Gasteiger partial charge < -0.3 is 20.5 Å². The van der Waals surface area contributed by atoms with Gasteiger partial charge in [-0.25, -0.2) is 9.97 Å². The quantitative estimate of drug-likeness (QED) is 0.668. The molecule has 2 atom stereocenters. The third kappa shape index (κ3) is 2.27. The van der Waals surface area contributed by atoms with E-state index in [4.69, 9.17) is 5.73 Å². The number of rotatable bonds is 2. The van der Waals surface area contributed by atoms with Gasteiger partial charge in [-0.05, 0) is 30.9 Å². The normalized spacial score (nSPS) is 24.3. The smallest absolute Gasteiger partial charge is 0.151 e. The van der Waals surface area contributed by atoms with Gasteiger partial charge in [-0.2, -0.15) is 0 Å². The lowest BCUT2D eigenvalue weighted by Crippen LogP contribution is -2.17. The lowest BCUT2D eigenvalue weighted by atomic mass is 9.99. The highest BCUT2D eigenvalue weighted by molar-refractivity contribution is 5.90.